The molecule has 1 amide bonds. The Bertz CT molecular complexity index is 451. The smallest absolute Gasteiger partial charge is 0.407 e. The molecule has 3 atom stereocenters. The number of hydrogen-bond acceptors (Lipinski definition) is 4. The number of nitrogens with one attached hydrogen (secondary N) is 2. The number of alkyl carbamates (subject to hydrolysis) is 1. The van der Waals surface area contributed by atoms with Crippen molar-refractivity contribution in [3.05, 3.63) is 24.2 Å². The van der Waals surface area contributed by atoms with Gasteiger partial charge in [-0.3, -0.25) is 0 Å². The second-order valence-corrected chi connectivity index (χ2v) is 6.76. The van der Waals surface area contributed by atoms with E-state index < -0.39 is 5.60 Å². The van der Waals surface area contributed by atoms with Crippen molar-refractivity contribution in [2.75, 3.05) is 0 Å². The molecule has 0 radical (unpaired) electrons. The molecule has 2 rings (SSSR count). The van der Waals surface area contributed by atoms with Gasteiger partial charge in [0.1, 0.15) is 11.4 Å². The number of amides is 1. The van der Waals surface area contributed by atoms with Crippen molar-refractivity contribution in [3.8, 4) is 0 Å². The van der Waals surface area contributed by atoms with Crippen LogP contribution in [0.15, 0.2) is 22.8 Å². The van der Waals surface area contributed by atoms with Crippen molar-refractivity contribution in [2.45, 2.75) is 70.7 Å². The highest BCUT2D eigenvalue weighted by Crippen LogP contribution is 2.23. The molecule has 1 fully saturated rings. The maximum atomic E-state index is 11.8. The van der Waals surface area contributed by atoms with Crippen molar-refractivity contribution in [2.24, 2.45) is 0 Å². The molecule has 1 aromatic heterocycles. The summed E-state index contributed by atoms with van der Waals surface area (Å²) in [5, 5.41) is 6.50. The Hall–Kier alpha value is -1.49. The molecule has 0 spiro atoms. The SMILES string of the molecule is C[C@@H](NC1CCC(NC(=O)OC(C)(C)C)C1)c1ccco1. The van der Waals surface area contributed by atoms with Gasteiger partial charge in [-0.05, 0) is 59.1 Å². The van der Waals surface area contributed by atoms with Crippen molar-refractivity contribution in [1.82, 2.24) is 10.6 Å². The first kappa shape index (κ1) is 15.9. The minimum absolute atomic E-state index is 0.182. The van der Waals surface area contributed by atoms with Crippen LogP contribution in [-0.4, -0.2) is 23.8 Å². The molecule has 1 saturated carbocycles. The van der Waals surface area contributed by atoms with Gasteiger partial charge in [-0.25, -0.2) is 4.79 Å². The highest BCUT2D eigenvalue weighted by Gasteiger charge is 2.28. The monoisotopic (exact) mass is 294 g/mol. The normalized spacial score (nSPS) is 23.8. The van der Waals surface area contributed by atoms with Crippen LogP contribution >= 0.6 is 0 Å². The quantitative estimate of drug-likeness (QED) is 0.893. The number of carbonyl (C=O) groups is 1. The molecule has 1 aliphatic carbocycles. The van der Waals surface area contributed by atoms with E-state index in [1.807, 2.05) is 32.9 Å². The Labute approximate surface area is 126 Å². The summed E-state index contributed by atoms with van der Waals surface area (Å²) in [4.78, 5) is 11.8. The summed E-state index contributed by atoms with van der Waals surface area (Å²) >= 11 is 0. The average Bonchev–Trinajstić information content (AvgIpc) is 2.97. The summed E-state index contributed by atoms with van der Waals surface area (Å²) in [7, 11) is 0. The molecular formula is C16H26N2O3. The van der Waals surface area contributed by atoms with Crippen LogP contribution in [0.3, 0.4) is 0 Å². The highest BCUT2D eigenvalue weighted by atomic mass is 16.6. The summed E-state index contributed by atoms with van der Waals surface area (Å²) in [5.74, 6) is 0.943. The van der Waals surface area contributed by atoms with E-state index in [1.54, 1.807) is 6.26 Å². The van der Waals surface area contributed by atoms with E-state index in [9.17, 15) is 4.79 Å². The van der Waals surface area contributed by atoms with Crippen LogP contribution in [0.25, 0.3) is 0 Å². The number of hydrogen-bond donors (Lipinski definition) is 2. The largest absolute Gasteiger partial charge is 0.468 e. The molecule has 21 heavy (non-hydrogen) atoms. The van der Waals surface area contributed by atoms with Gasteiger partial charge in [0.2, 0.25) is 0 Å². The Balaban J connectivity index is 1.75. The fourth-order valence-electron chi connectivity index (χ4n) is 2.71. The minimum atomic E-state index is -0.450. The average molecular weight is 294 g/mol. The first-order valence-electron chi connectivity index (χ1n) is 7.62. The molecule has 0 bridgehead atoms. The van der Waals surface area contributed by atoms with E-state index in [2.05, 4.69) is 17.6 Å². The number of furan rings is 1. The summed E-state index contributed by atoms with van der Waals surface area (Å²) in [6.07, 6.45) is 4.30. The molecule has 1 aliphatic rings. The van der Waals surface area contributed by atoms with Gasteiger partial charge in [0.15, 0.2) is 0 Å². The number of rotatable bonds is 4. The summed E-state index contributed by atoms with van der Waals surface area (Å²) in [6, 6.07) is 4.63. The lowest BCUT2D eigenvalue weighted by atomic mass is 10.2. The predicted molar refractivity (Wildman–Crippen MR) is 81.1 cm³/mol. The minimum Gasteiger partial charge on any atom is -0.468 e. The van der Waals surface area contributed by atoms with Gasteiger partial charge in [0, 0.05) is 12.1 Å². The van der Waals surface area contributed by atoms with Gasteiger partial charge < -0.3 is 19.8 Å². The molecule has 2 N–H and O–H groups in total. The van der Waals surface area contributed by atoms with Crippen molar-refractivity contribution < 1.29 is 13.9 Å². The van der Waals surface area contributed by atoms with E-state index in [4.69, 9.17) is 9.15 Å². The van der Waals surface area contributed by atoms with E-state index >= 15 is 0 Å². The molecule has 1 aromatic rings. The first-order chi connectivity index (χ1) is 9.83. The van der Waals surface area contributed by atoms with Gasteiger partial charge in [0.25, 0.3) is 0 Å². The Morgan fingerprint density at radius 3 is 2.71 bits per heavy atom. The standard InChI is InChI=1S/C16H26N2O3/c1-11(14-6-5-9-20-14)17-12-7-8-13(10-12)18-15(19)21-16(2,3)4/h5-6,9,11-13,17H,7-8,10H2,1-4H3,(H,18,19)/t11-,12?,13?/m1/s1. The van der Waals surface area contributed by atoms with E-state index in [1.165, 1.54) is 0 Å². The fraction of sp³-hybridized carbons (Fsp3) is 0.688. The third-order valence-electron chi connectivity index (χ3n) is 3.61. The van der Waals surface area contributed by atoms with Crippen molar-refractivity contribution >= 4 is 6.09 Å². The Morgan fingerprint density at radius 1 is 1.38 bits per heavy atom. The molecule has 5 heteroatoms. The van der Waals surface area contributed by atoms with Crippen LogP contribution in [0.2, 0.25) is 0 Å². The molecule has 0 aliphatic heterocycles. The molecular weight excluding hydrogens is 268 g/mol. The lowest BCUT2D eigenvalue weighted by Crippen LogP contribution is -2.39. The van der Waals surface area contributed by atoms with Crippen LogP contribution in [0, 0.1) is 0 Å². The van der Waals surface area contributed by atoms with Gasteiger partial charge in [0.05, 0.1) is 12.3 Å². The van der Waals surface area contributed by atoms with E-state index in [0.29, 0.717) is 6.04 Å². The molecule has 118 valence electrons. The maximum Gasteiger partial charge on any atom is 0.407 e. The lowest BCUT2D eigenvalue weighted by Gasteiger charge is -2.22. The third-order valence-corrected chi connectivity index (χ3v) is 3.61. The van der Waals surface area contributed by atoms with E-state index in [0.717, 1.165) is 25.0 Å². The second kappa shape index (κ2) is 6.52. The molecule has 5 nitrogen and oxygen atoms in total. The fourth-order valence-corrected chi connectivity index (χ4v) is 2.71. The zero-order chi connectivity index (χ0) is 15.5. The number of ether oxygens (including phenoxy) is 1. The van der Waals surface area contributed by atoms with Crippen LogP contribution in [0.5, 0.6) is 0 Å². The molecule has 0 aromatic carbocycles. The van der Waals surface area contributed by atoms with E-state index in [-0.39, 0.29) is 18.2 Å². The first-order valence-corrected chi connectivity index (χ1v) is 7.62. The van der Waals surface area contributed by atoms with Gasteiger partial charge in [-0.15, -0.1) is 0 Å². The maximum absolute atomic E-state index is 11.8. The van der Waals surface area contributed by atoms with Crippen LogP contribution < -0.4 is 10.6 Å². The van der Waals surface area contributed by atoms with Crippen LogP contribution in [0.1, 0.15) is 58.8 Å². The van der Waals surface area contributed by atoms with Crippen molar-refractivity contribution in [3.63, 3.8) is 0 Å². The van der Waals surface area contributed by atoms with Gasteiger partial charge >= 0.3 is 6.09 Å². The van der Waals surface area contributed by atoms with Crippen LogP contribution in [-0.2, 0) is 4.74 Å². The summed E-state index contributed by atoms with van der Waals surface area (Å²) in [6.45, 7) is 7.71. The topological polar surface area (TPSA) is 63.5 Å². The molecule has 1 heterocycles. The molecule has 0 saturated heterocycles. The van der Waals surface area contributed by atoms with Gasteiger partial charge in [-0.2, -0.15) is 0 Å². The summed E-state index contributed by atoms with van der Waals surface area (Å²) in [5.41, 5.74) is -0.450. The summed E-state index contributed by atoms with van der Waals surface area (Å²) < 4.78 is 10.7. The second-order valence-electron chi connectivity index (χ2n) is 6.76. The Morgan fingerprint density at radius 2 is 2.10 bits per heavy atom. The van der Waals surface area contributed by atoms with Gasteiger partial charge in [-0.1, -0.05) is 0 Å². The molecule has 2 unspecified atom stereocenters. The Kier molecular flexibility index (Phi) is 4.93. The zero-order valence-corrected chi connectivity index (χ0v) is 13.3. The zero-order valence-electron chi connectivity index (χ0n) is 13.3. The lowest BCUT2D eigenvalue weighted by molar-refractivity contribution is 0.0505. The van der Waals surface area contributed by atoms with Crippen LogP contribution in [0.4, 0.5) is 4.79 Å². The highest BCUT2D eigenvalue weighted by molar-refractivity contribution is 5.68. The third kappa shape index (κ3) is 5.08. The van der Waals surface area contributed by atoms with Crippen molar-refractivity contribution in [1.29, 1.82) is 0 Å². The number of carbonyl (C=O) groups excluding carboxylic acids is 1. The predicted octanol–water partition coefficient (Wildman–Crippen LogP) is 3.38.